The van der Waals surface area contributed by atoms with Crippen LogP contribution in [-0.2, 0) is 0 Å². The minimum Gasteiger partial charge on any atom is -0.309 e. The van der Waals surface area contributed by atoms with Crippen molar-refractivity contribution in [2.24, 2.45) is 0 Å². The van der Waals surface area contributed by atoms with Gasteiger partial charge in [-0.2, -0.15) is 0 Å². The Bertz CT molecular complexity index is 3870. The van der Waals surface area contributed by atoms with Crippen LogP contribution in [-0.4, -0.2) is 9.13 Å². The van der Waals surface area contributed by atoms with Crippen LogP contribution in [0.1, 0.15) is 0 Å². The molecule has 0 saturated heterocycles. The third-order valence-corrected chi connectivity index (χ3v) is 13.1. The van der Waals surface area contributed by atoms with E-state index < -0.39 is 0 Å². The second-order valence-electron chi connectivity index (χ2n) is 16.5. The standard InChI is InChI=1S/C60H38N2/c1-3-13-39(14-4-1)41-23-29-45(30-24-41)61-57-21-11-9-19-50(57)52-34-28-44(36-59(52)61)43-27-33-49-53(35-43)47-17-7-8-18-48(47)55-38-60-56(37-54(49)55)51-20-10-12-22-58(51)62(60)46-31-25-42(26-32-46)40-15-5-2-6-16-40/h1-38H. The maximum atomic E-state index is 2.45. The normalized spacial score (nSPS) is 11.9. The molecular weight excluding hydrogens is 749 g/mol. The van der Waals surface area contributed by atoms with Crippen LogP contribution in [0.2, 0.25) is 0 Å². The summed E-state index contributed by atoms with van der Waals surface area (Å²) in [5, 5.41) is 12.6. The van der Waals surface area contributed by atoms with E-state index in [9.17, 15) is 0 Å². The summed E-state index contributed by atoms with van der Waals surface area (Å²) in [6.07, 6.45) is 0. The molecule has 0 N–H and O–H groups in total. The molecule has 11 aromatic carbocycles. The zero-order valence-corrected chi connectivity index (χ0v) is 33.8. The zero-order valence-electron chi connectivity index (χ0n) is 33.8. The Morgan fingerprint density at radius 2 is 0.532 bits per heavy atom. The number of hydrogen-bond acceptors (Lipinski definition) is 0. The molecule has 0 spiro atoms. The maximum Gasteiger partial charge on any atom is 0.0547 e. The van der Waals surface area contributed by atoms with Crippen molar-refractivity contribution in [1.29, 1.82) is 0 Å². The van der Waals surface area contributed by atoms with Crippen LogP contribution >= 0.6 is 0 Å². The van der Waals surface area contributed by atoms with Crippen molar-refractivity contribution in [3.8, 4) is 44.8 Å². The Morgan fingerprint density at radius 3 is 1.10 bits per heavy atom. The molecule has 0 radical (unpaired) electrons. The predicted octanol–water partition coefficient (Wildman–Crippen LogP) is 16.3. The van der Waals surface area contributed by atoms with Gasteiger partial charge >= 0.3 is 0 Å². The first kappa shape index (κ1) is 34.6. The number of benzene rings is 11. The minimum atomic E-state index is 1.15. The van der Waals surface area contributed by atoms with E-state index >= 15 is 0 Å². The Labute approximate surface area is 358 Å². The first-order valence-electron chi connectivity index (χ1n) is 21.4. The topological polar surface area (TPSA) is 9.86 Å². The Balaban J connectivity index is 0.986. The van der Waals surface area contributed by atoms with E-state index in [-0.39, 0.29) is 0 Å². The fraction of sp³-hybridized carbons (Fsp3) is 0. The van der Waals surface area contributed by atoms with Crippen LogP contribution in [0.25, 0.3) is 121 Å². The summed E-state index contributed by atoms with van der Waals surface area (Å²) in [7, 11) is 0. The SMILES string of the molecule is c1ccc(-c2ccc(-n3c4ccccc4c4ccc(-c5ccc6c(c5)c5ccccc5c5cc7c(cc65)c5ccccc5n7-c5ccc(-c6ccccc6)cc5)cc43)cc2)cc1. The van der Waals surface area contributed by atoms with Crippen LogP contribution < -0.4 is 0 Å². The molecule has 13 aromatic rings. The molecule has 2 heterocycles. The molecule has 62 heavy (non-hydrogen) atoms. The zero-order chi connectivity index (χ0) is 40.7. The van der Waals surface area contributed by atoms with Crippen molar-refractivity contribution in [2.45, 2.75) is 0 Å². The van der Waals surface area contributed by atoms with Crippen LogP contribution in [0.3, 0.4) is 0 Å². The Morgan fingerprint density at radius 1 is 0.177 bits per heavy atom. The van der Waals surface area contributed by atoms with Gasteiger partial charge in [-0.15, -0.1) is 0 Å². The van der Waals surface area contributed by atoms with Crippen LogP contribution in [0.5, 0.6) is 0 Å². The Hall–Kier alpha value is -8.20. The molecule has 0 aliphatic heterocycles. The molecule has 2 heteroatoms. The molecule has 0 bridgehead atoms. The van der Waals surface area contributed by atoms with Gasteiger partial charge in [-0.1, -0.05) is 170 Å². The van der Waals surface area contributed by atoms with Gasteiger partial charge in [0, 0.05) is 32.9 Å². The van der Waals surface area contributed by atoms with E-state index in [2.05, 4.69) is 240 Å². The van der Waals surface area contributed by atoms with E-state index in [1.165, 1.54) is 109 Å². The van der Waals surface area contributed by atoms with Crippen molar-refractivity contribution < 1.29 is 0 Å². The van der Waals surface area contributed by atoms with Gasteiger partial charge in [-0.3, -0.25) is 0 Å². The highest BCUT2D eigenvalue weighted by Crippen LogP contribution is 2.43. The van der Waals surface area contributed by atoms with Gasteiger partial charge in [0.1, 0.15) is 0 Å². The highest BCUT2D eigenvalue weighted by molar-refractivity contribution is 6.29. The van der Waals surface area contributed by atoms with Gasteiger partial charge in [0.05, 0.1) is 22.1 Å². The average Bonchev–Trinajstić information content (AvgIpc) is 3.86. The second kappa shape index (κ2) is 13.7. The summed E-state index contributed by atoms with van der Waals surface area (Å²) in [6, 6.07) is 84.7. The lowest BCUT2D eigenvalue weighted by atomic mass is 9.91. The molecule has 0 fully saturated rings. The van der Waals surface area contributed by atoms with Gasteiger partial charge < -0.3 is 9.13 Å². The summed E-state index contributed by atoms with van der Waals surface area (Å²) in [4.78, 5) is 0. The van der Waals surface area contributed by atoms with E-state index in [1.807, 2.05) is 0 Å². The van der Waals surface area contributed by atoms with E-state index in [4.69, 9.17) is 0 Å². The fourth-order valence-corrected chi connectivity index (χ4v) is 10.2. The molecule has 2 nitrogen and oxygen atoms in total. The van der Waals surface area contributed by atoms with Gasteiger partial charge in [0.15, 0.2) is 0 Å². The van der Waals surface area contributed by atoms with Gasteiger partial charge in [-0.25, -0.2) is 0 Å². The van der Waals surface area contributed by atoms with Crippen molar-refractivity contribution >= 4 is 75.9 Å². The minimum absolute atomic E-state index is 1.15. The molecule has 0 aliphatic carbocycles. The molecular formula is C60H38N2. The number of hydrogen-bond donors (Lipinski definition) is 0. The number of rotatable bonds is 5. The monoisotopic (exact) mass is 786 g/mol. The molecule has 13 rings (SSSR count). The molecule has 0 unspecified atom stereocenters. The third-order valence-electron chi connectivity index (χ3n) is 13.1. The summed E-state index contributed by atoms with van der Waals surface area (Å²) in [5.74, 6) is 0. The highest BCUT2D eigenvalue weighted by atomic mass is 15.0. The van der Waals surface area contributed by atoms with Gasteiger partial charge in [0.25, 0.3) is 0 Å². The smallest absolute Gasteiger partial charge is 0.0547 e. The first-order chi connectivity index (χ1) is 30.7. The van der Waals surface area contributed by atoms with Crippen molar-refractivity contribution in [2.75, 3.05) is 0 Å². The van der Waals surface area contributed by atoms with Crippen LogP contribution in [0, 0.1) is 0 Å². The number of para-hydroxylation sites is 2. The molecule has 0 saturated carbocycles. The quantitative estimate of drug-likeness (QED) is 0.154. The van der Waals surface area contributed by atoms with Gasteiger partial charge in [-0.05, 0) is 126 Å². The van der Waals surface area contributed by atoms with Crippen molar-refractivity contribution in [3.63, 3.8) is 0 Å². The summed E-state index contributed by atoms with van der Waals surface area (Å²) < 4.78 is 4.86. The molecule has 0 amide bonds. The highest BCUT2D eigenvalue weighted by Gasteiger charge is 2.18. The lowest BCUT2D eigenvalue weighted by molar-refractivity contribution is 1.18. The lowest BCUT2D eigenvalue weighted by Gasteiger charge is -2.14. The molecule has 288 valence electrons. The molecule has 2 aromatic heterocycles. The van der Waals surface area contributed by atoms with Crippen LogP contribution in [0.4, 0.5) is 0 Å². The fourth-order valence-electron chi connectivity index (χ4n) is 10.2. The van der Waals surface area contributed by atoms with Crippen LogP contribution in [0.15, 0.2) is 231 Å². The number of nitrogens with zero attached hydrogens (tertiary/aromatic N) is 2. The number of aromatic nitrogens is 2. The Kier molecular flexibility index (Phi) is 7.64. The first-order valence-corrected chi connectivity index (χ1v) is 21.4. The van der Waals surface area contributed by atoms with Gasteiger partial charge in [0.2, 0.25) is 0 Å². The third kappa shape index (κ3) is 5.30. The van der Waals surface area contributed by atoms with Crippen molar-refractivity contribution in [1.82, 2.24) is 9.13 Å². The predicted molar refractivity (Wildman–Crippen MR) is 264 cm³/mol. The second-order valence-corrected chi connectivity index (χ2v) is 16.5. The van der Waals surface area contributed by atoms with E-state index in [0.29, 0.717) is 0 Å². The lowest BCUT2D eigenvalue weighted by Crippen LogP contribution is -1.94. The maximum absolute atomic E-state index is 2.45. The summed E-state index contributed by atoms with van der Waals surface area (Å²) in [6.45, 7) is 0. The summed E-state index contributed by atoms with van der Waals surface area (Å²) in [5.41, 5.74) is 14.4. The summed E-state index contributed by atoms with van der Waals surface area (Å²) >= 11 is 0. The van der Waals surface area contributed by atoms with Crippen molar-refractivity contribution in [3.05, 3.63) is 231 Å². The van der Waals surface area contributed by atoms with E-state index in [1.54, 1.807) is 0 Å². The molecule has 0 atom stereocenters. The average molecular weight is 787 g/mol. The molecule has 0 aliphatic rings. The largest absolute Gasteiger partial charge is 0.309 e. The van der Waals surface area contributed by atoms with E-state index in [0.717, 1.165) is 11.4 Å². The number of fused-ring (bicyclic) bond motifs is 12.